The third-order valence-electron chi connectivity index (χ3n) is 7.77. The highest BCUT2D eigenvalue weighted by Gasteiger charge is 2.58. The number of carbonyl (C=O) groups excluding carboxylic acids is 1. The van der Waals surface area contributed by atoms with Crippen LogP contribution >= 0.6 is 0 Å². The van der Waals surface area contributed by atoms with E-state index in [1.165, 1.54) is 25.0 Å². The SMILES string of the molecule is C[C@]12CC[C@H]3[C@@H](CC=C4NC(=O)CC[C@@]43C)[C@@H]1CC[C@@H]2C#N. The third-order valence-corrected chi connectivity index (χ3v) is 7.77. The molecule has 2 saturated carbocycles. The van der Waals surface area contributed by atoms with Gasteiger partial charge in [-0.1, -0.05) is 19.9 Å². The Morgan fingerprint density at radius 2 is 2.05 bits per heavy atom. The normalized spacial score (nSPS) is 50.0. The van der Waals surface area contributed by atoms with Crippen LogP contribution in [-0.2, 0) is 4.79 Å². The molecule has 4 rings (SSSR count). The summed E-state index contributed by atoms with van der Waals surface area (Å²) in [5.41, 5.74) is 1.58. The molecule has 0 aromatic heterocycles. The first-order chi connectivity index (χ1) is 10.5. The van der Waals surface area contributed by atoms with Gasteiger partial charge in [-0.2, -0.15) is 5.26 Å². The number of carbonyl (C=O) groups is 1. The number of nitrogens with one attached hydrogen (secondary N) is 1. The molecule has 1 N–H and O–H groups in total. The lowest BCUT2D eigenvalue weighted by Crippen LogP contribution is -2.53. The lowest BCUT2D eigenvalue weighted by molar-refractivity contribution is -0.125. The fraction of sp³-hybridized carbons (Fsp3) is 0.789. The fourth-order valence-electron chi connectivity index (χ4n) is 6.41. The Labute approximate surface area is 133 Å². The molecule has 0 unspecified atom stereocenters. The lowest BCUT2D eigenvalue weighted by Gasteiger charge is -2.56. The van der Waals surface area contributed by atoms with Crippen LogP contribution in [0.1, 0.15) is 58.8 Å². The average Bonchev–Trinajstić information content (AvgIpc) is 2.84. The molecule has 1 aliphatic heterocycles. The number of hydrogen-bond acceptors (Lipinski definition) is 2. The van der Waals surface area contributed by atoms with Crippen LogP contribution < -0.4 is 5.32 Å². The van der Waals surface area contributed by atoms with Crippen LogP contribution in [0.3, 0.4) is 0 Å². The Kier molecular flexibility index (Phi) is 2.99. The van der Waals surface area contributed by atoms with Gasteiger partial charge in [0.25, 0.3) is 0 Å². The minimum absolute atomic E-state index is 0.156. The maximum Gasteiger partial charge on any atom is 0.224 e. The number of amides is 1. The van der Waals surface area contributed by atoms with Crippen LogP contribution in [-0.4, -0.2) is 5.91 Å². The molecule has 3 fully saturated rings. The molecule has 1 saturated heterocycles. The lowest BCUT2D eigenvalue weighted by atomic mass is 9.49. The summed E-state index contributed by atoms with van der Waals surface area (Å²) in [6, 6.07) is 2.60. The van der Waals surface area contributed by atoms with Gasteiger partial charge in [0.2, 0.25) is 5.91 Å². The second-order valence-electron chi connectivity index (χ2n) is 8.50. The van der Waals surface area contributed by atoms with Crippen LogP contribution in [0.5, 0.6) is 0 Å². The number of fused-ring (bicyclic) bond motifs is 5. The number of nitrogens with zero attached hydrogens (tertiary/aromatic N) is 1. The standard InChI is InChI=1S/C19H26N2O/c1-18-9-7-15-13(14(18)5-3-12(18)11-20)4-6-16-19(15,2)10-8-17(22)21-16/h6,12-15H,3-5,7-10H2,1-2H3,(H,21,22)/t12-,13+,14+,15+,18-,19-/m1/s1. The first-order valence-corrected chi connectivity index (χ1v) is 8.89. The molecule has 4 aliphatic rings. The Hall–Kier alpha value is -1.30. The average molecular weight is 298 g/mol. The molecule has 118 valence electrons. The second kappa shape index (κ2) is 4.60. The van der Waals surface area contributed by atoms with E-state index in [9.17, 15) is 10.1 Å². The third kappa shape index (κ3) is 1.70. The van der Waals surface area contributed by atoms with Crippen molar-refractivity contribution in [1.82, 2.24) is 5.32 Å². The van der Waals surface area contributed by atoms with E-state index in [0.717, 1.165) is 19.3 Å². The van der Waals surface area contributed by atoms with Crippen LogP contribution in [0.2, 0.25) is 0 Å². The molecule has 6 atom stereocenters. The van der Waals surface area contributed by atoms with Gasteiger partial charge in [0.1, 0.15) is 0 Å². The minimum Gasteiger partial charge on any atom is -0.330 e. The molecule has 0 aromatic carbocycles. The van der Waals surface area contributed by atoms with Gasteiger partial charge in [-0.3, -0.25) is 4.79 Å². The highest BCUT2D eigenvalue weighted by molar-refractivity contribution is 5.79. The first kappa shape index (κ1) is 14.3. The number of nitriles is 1. The predicted octanol–water partition coefficient (Wildman–Crippen LogP) is 3.77. The summed E-state index contributed by atoms with van der Waals surface area (Å²) in [7, 11) is 0. The molecule has 0 spiro atoms. The molecule has 3 heteroatoms. The van der Waals surface area contributed by atoms with Gasteiger partial charge < -0.3 is 5.32 Å². The van der Waals surface area contributed by atoms with Crippen LogP contribution in [0, 0.1) is 45.8 Å². The zero-order chi connectivity index (χ0) is 15.5. The van der Waals surface area contributed by atoms with E-state index in [4.69, 9.17) is 0 Å². The van der Waals surface area contributed by atoms with E-state index >= 15 is 0 Å². The van der Waals surface area contributed by atoms with E-state index in [2.05, 4.69) is 31.3 Å². The van der Waals surface area contributed by atoms with Gasteiger partial charge in [0.15, 0.2) is 0 Å². The summed E-state index contributed by atoms with van der Waals surface area (Å²) in [6.07, 6.45) is 9.79. The Bertz CT molecular complexity index is 589. The first-order valence-electron chi connectivity index (χ1n) is 8.89. The van der Waals surface area contributed by atoms with E-state index < -0.39 is 0 Å². The van der Waals surface area contributed by atoms with Crippen molar-refractivity contribution < 1.29 is 4.79 Å². The van der Waals surface area contributed by atoms with Crippen molar-refractivity contribution >= 4 is 5.91 Å². The molecule has 0 bridgehead atoms. The van der Waals surface area contributed by atoms with Crippen LogP contribution in [0.4, 0.5) is 0 Å². The van der Waals surface area contributed by atoms with Crippen molar-refractivity contribution in [2.24, 2.45) is 34.5 Å². The smallest absolute Gasteiger partial charge is 0.224 e. The summed E-state index contributed by atoms with van der Waals surface area (Å²) >= 11 is 0. The molecule has 0 radical (unpaired) electrons. The van der Waals surface area contributed by atoms with Gasteiger partial charge in [-0.15, -0.1) is 0 Å². The van der Waals surface area contributed by atoms with Crippen LogP contribution in [0.15, 0.2) is 11.8 Å². The molecule has 1 heterocycles. The van der Waals surface area contributed by atoms with Gasteiger partial charge >= 0.3 is 0 Å². The summed E-state index contributed by atoms with van der Waals surface area (Å²) in [5.74, 6) is 2.53. The number of rotatable bonds is 0. The topological polar surface area (TPSA) is 52.9 Å². The van der Waals surface area contributed by atoms with Crippen molar-refractivity contribution in [3.05, 3.63) is 11.8 Å². The van der Waals surface area contributed by atoms with Crippen LogP contribution in [0.25, 0.3) is 0 Å². The van der Waals surface area contributed by atoms with Crippen molar-refractivity contribution in [1.29, 1.82) is 5.26 Å². The van der Waals surface area contributed by atoms with Gasteiger partial charge in [0, 0.05) is 17.5 Å². The maximum absolute atomic E-state index is 11.7. The Morgan fingerprint density at radius 3 is 2.82 bits per heavy atom. The highest BCUT2D eigenvalue weighted by Crippen LogP contribution is 2.65. The highest BCUT2D eigenvalue weighted by atomic mass is 16.1. The molecule has 1 amide bonds. The molecule has 3 aliphatic carbocycles. The van der Waals surface area contributed by atoms with Gasteiger partial charge in [-0.25, -0.2) is 0 Å². The quantitative estimate of drug-likeness (QED) is 0.740. The number of allylic oxidation sites excluding steroid dienone is 2. The van der Waals surface area contributed by atoms with Crippen molar-refractivity contribution in [2.75, 3.05) is 0 Å². The minimum atomic E-state index is 0.156. The summed E-state index contributed by atoms with van der Waals surface area (Å²) in [5, 5.41) is 12.7. The number of hydrogen-bond donors (Lipinski definition) is 1. The van der Waals surface area contributed by atoms with Gasteiger partial charge in [-0.05, 0) is 61.7 Å². The summed E-state index contributed by atoms with van der Waals surface area (Å²) < 4.78 is 0. The Morgan fingerprint density at radius 1 is 1.23 bits per heavy atom. The largest absolute Gasteiger partial charge is 0.330 e. The molecule has 22 heavy (non-hydrogen) atoms. The second-order valence-corrected chi connectivity index (χ2v) is 8.50. The van der Waals surface area contributed by atoms with E-state index in [1.54, 1.807) is 0 Å². The molecule has 3 nitrogen and oxygen atoms in total. The zero-order valence-corrected chi connectivity index (χ0v) is 13.7. The van der Waals surface area contributed by atoms with Crippen molar-refractivity contribution in [3.63, 3.8) is 0 Å². The monoisotopic (exact) mass is 298 g/mol. The molecule has 0 aromatic rings. The predicted molar refractivity (Wildman–Crippen MR) is 84.3 cm³/mol. The van der Waals surface area contributed by atoms with E-state index in [-0.39, 0.29) is 22.7 Å². The summed E-state index contributed by atoms with van der Waals surface area (Å²) in [4.78, 5) is 11.7. The fourth-order valence-corrected chi connectivity index (χ4v) is 6.41. The summed E-state index contributed by atoms with van der Waals surface area (Å²) in [6.45, 7) is 4.74. The molecular formula is C19H26N2O. The van der Waals surface area contributed by atoms with Crippen molar-refractivity contribution in [3.8, 4) is 6.07 Å². The molecular weight excluding hydrogens is 272 g/mol. The number of piperidine rings is 1. The Balaban J connectivity index is 1.69. The van der Waals surface area contributed by atoms with Crippen molar-refractivity contribution in [2.45, 2.75) is 58.8 Å². The van der Waals surface area contributed by atoms with Gasteiger partial charge in [0.05, 0.1) is 12.0 Å². The zero-order valence-electron chi connectivity index (χ0n) is 13.7. The van der Waals surface area contributed by atoms with E-state index in [0.29, 0.717) is 24.2 Å². The maximum atomic E-state index is 11.7. The van der Waals surface area contributed by atoms with E-state index in [1.807, 2.05) is 0 Å².